The number of nitro groups is 1. The van der Waals surface area contributed by atoms with Crippen LogP contribution in [-0.2, 0) is 6.42 Å². The largest absolute Gasteiger partial charge is 0.357 e. The predicted octanol–water partition coefficient (Wildman–Crippen LogP) is 3.62. The van der Waals surface area contributed by atoms with Crippen molar-refractivity contribution in [2.45, 2.75) is 19.4 Å². The molecule has 0 aliphatic carbocycles. The maximum atomic E-state index is 11.4. The van der Waals surface area contributed by atoms with E-state index >= 15 is 0 Å². The molecule has 4 rings (SSSR count). The third-order valence-corrected chi connectivity index (χ3v) is 4.55. The molecule has 0 fully saturated rings. The molecule has 1 unspecified atom stereocenters. The normalized spacial score (nSPS) is 17.2. The summed E-state index contributed by atoms with van der Waals surface area (Å²) in [4.78, 5) is 14.5. The first-order valence-corrected chi connectivity index (χ1v) is 7.73. The average molecular weight is 307 g/mol. The van der Waals surface area contributed by atoms with Crippen LogP contribution in [0.25, 0.3) is 10.9 Å². The first-order chi connectivity index (χ1) is 11.1. The van der Waals surface area contributed by atoms with E-state index < -0.39 is 0 Å². The topological polar surface area (TPSA) is 71.0 Å². The van der Waals surface area contributed by atoms with Crippen LogP contribution in [0.5, 0.6) is 0 Å². The number of rotatable bonds is 2. The number of nitro benzene ring substituents is 1. The van der Waals surface area contributed by atoms with Gasteiger partial charge in [-0.25, -0.2) is 0 Å². The van der Waals surface area contributed by atoms with Gasteiger partial charge in [-0.3, -0.25) is 10.1 Å². The fourth-order valence-electron chi connectivity index (χ4n) is 3.51. The summed E-state index contributed by atoms with van der Waals surface area (Å²) in [6.45, 7) is 2.89. The Hall–Kier alpha value is -2.66. The van der Waals surface area contributed by atoms with Gasteiger partial charge < -0.3 is 10.3 Å². The molecule has 1 atom stereocenters. The van der Waals surface area contributed by atoms with Gasteiger partial charge in [-0.2, -0.15) is 0 Å². The van der Waals surface area contributed by atoms with E-state index in [0.717, 1.165) is 24.2 Å². The molecule has 5 nitrogen and oxygen atoms in total. The van der Waals surface area contributed by atoms with Gasteiger partial charge in [0, 0.05) is 29.2 Å². The van der Waals surface area contributed by atoms with E-state index in [9.17, 15) is 10.1 Å². The molecule has 1 aliphatic heterocycles. The molecule has 2 heterocycles. The summed E-state index contributed by atoms with van der Waals surface area (Å²) in [6, 6.07) is 13.1. The zero-order chi connectivity index (χ0) is 16.0. The quantitative estimate of drug-likeness (QED) is 0.561. The van der Waals surface area contributed by atoms with Gasteiger partial charge in [0.1, 0.15) is 0 Å². The molecule has 2 aromatic carbocycles. The van der Waals surface area contributed by atoms with Gasteiger partial charge in [-0.05, 0) is 31.0 Å². The van der Waals surface area contributed by atoms with E-state index in [0.29, 0.717) is 5.56 Å². The second-order valence-electron chi connectivity index (χ2n) is 6.02. The minimum atomic E-state index is -0.307. The molecular formula is C18H17N3O2. The Labute approximate surface area is 133 Å². The van der Waals surface area contributed by atoms with Gasteiger partial charge in [-0.1, -0.05) is 29.8 Å². The number of hydrogen-bond acceptors (Lipinski definition) is 3. The fraction of sp³-hybridized carbons (Fsp3) is 0.222. The zero-order valence-corrected chi connectivity index (χ0v) is 12.8. The van der Waals surface area contributed by atoms with Gasteiger partial charge in [0.15, 0.2) is 0 Å². The molecule has 3 aromatic rings. The van der Waals surface area contributed by atoms with Crippen LogP contribution in [0.4, 0.5) is 5.69 Å². The maximum Gasteiger partial charge on any atom is 0.274 e. The molecule has 0 bridgehead atoms. The second kappa shape index (κ2) is 5.21. The summed E-state index contributed by atoms with van der Waals surface area (Å²) in [5, 5.41) is 16.0. The Bertz CT molecular complexity index is 914. The number of aromatic amines is 1. The highest BCUT2D eigenvalue weighted by Crippen LogP contribution is 2.36. The highest BCUT2D eigenvalue weighted by Gasteiger charge is 2.29. The van der Waals surface area contributed by atoms with Gasteiger partial charge in [0.05, 0.1) is 16.5 Å². The van der Waals surface area contributed by atoms with Gasteiger partial charge in [0.25, 0.3) is 5.69 Å². The Morgan fingerprint density at radius 3 is 2.87 bits per heavy atom. The maximum absolute atomic E-state index is 11.4. The Balaban J connectivity index is 1.92. The van der Waals surface area contributed by atoms with Crippen molar-refractivity contribution in [3.8, 4) is 0 Å². The lowest BCUT2D eigenvalue weighted by atomic mass is 9.93. The summed E-state index contributed by atoms with van der Waals surface area (Å²) in [7, 11) is 0. The molecule has 1 aromatic heterocycles. The van der Waals surface area contributed by atoms with Crippen molar-refractivity contribution in [2.24, 2.45) is 0 Å². The van der Waals surface area contributed by atoms with Crippen molar-refractivity contribution in [3.05, 3.63) is 75.0 Å². The second-order valence-corrected chi connectivity index (χ2v) is 6.02. The number of aromatic nitrogens is 1. The smallest absolute Gasteiger partial charge is 0.274 e. The number of H-pyrrole nitrogens is 1. The van der Waals surface area contributed by atoms with Crippen LogP contribution in [0.15, 0.2) is 42.5 Å². The number of nitrogens with zero attached hydrogens (tertiary/aromatic N) is 1. The molecule has 1 aliphatic rings. The fourth-order valence-corrected chi connectivity index (χ4v) is 3.51. The third kappa shape index (κ3) is 2.21. The van der Waals surface area contributed by atoms with Crippen LogP contribution < -0.4 is 5.32 Å². The van der Waals surface area contributed by atoms with Crippen molar-refractivity contribution >= 4 is 16.6 Å². The Morgan fingerprint density at radius 1 is 1.22 bits per heavy atom. The minimum absolute atomic E-state index is 0.160. The van der Waals surface area contributed by atoms with Crippen LogP contribution in [0.3, 0.4) is 0 Å². The van der Waals surface area contributed by atoms with Crippen molar-refractivity contribution in [3.63, 3.8) is 0 Å². The van der Waals surface area contributed by atoms with Gasteiger partial charge in [-0.15, -0.1) is 0 Å². The molecule has 116 valence electrons. The summed E-state index contributed by atoms with van der Waals surface area (Å²) in [6.07, 6.45) is 0.927. The molecule has 0 saturated heterocycles. The van der Waals surface area contributed by atoms with Gasteiger partial charge >= 0.3 is 0 Å². The van der Waals surface area contributed by atoms with E-state index in [1.165, 1.54) is 16.5 Å². The van der Waals surface area contributed by atoms with Crippen molar-refractivity contribution in [1.82, 2.24) is 10.3 Å². The standard InChI is InChI=1S/C18H17N3O2/c1-11-6-7-15-14(10-11)12-8-9-19-17(18(12)20-15)13-4-2-3-5-16(13)21(22)23/h2-7,10,17,19-20H,8-9H2,1H3. The van der Waals surface area contributed by atoms with E-state index in [-0.39, 0.29) is 16.7 Å². The Morgan fingerprint density at radius 2 is 2.04 bits per heavy atom. The third-order valence-electron chi connectivity index (χ3n) is 4.55. The van der Waals surface area contributed by atoms with Gasteiger partial charge in [0.2, 0.25) is 0 Å². The first-order valence-electron chi connectivity index (χ1n) is 7.73. The average Bonchev–Trinajstić information content (AvgIpc) is 2.92. The number of para-hydroxylation sites is 1. The molecule has 23 heavy (non-hydrogen) atoms. The number of fused-ring (bicyclic) bond motifs is 3. The lowest BCUT2D eigenvalue weighted by Crippen LogP contribution is -2.30. The molecule has 0 radical (unpaired) electrons. The number of hydrogen-bond donors (Lipinski definition) is 2. The Kier molecular flexibility index (Phi) is 3.16. The van der Waals surface area contributed by atoms with Crippen molar-refractivity contribution in [1.29, 1.82) is 0 Å². The molecular weight excluding hydrogens is 290 g/mol. The number of aryl methyl sites for hydroxylation is 1. The monoisotopic (exact) mass is 307 g/mol. The van der Waals surface area contributed by atoms with Crippen LogP contribution in [0.2, 0.25) is 0 Å². The predicted molar refractivity (Wildman–Crippen MR) is 89.7 cm³/mol. The molecule has 0 spiro atoms. The van der Waals surface area contributed by atoms with E-state index in [4.69, 9.17) is 0 Å². The number of benzene rings is 2. The lowest BCUT2D eigenvalue weighted by molar-refractivity contribution is -0.385. The van der Waals surface area contributed by atoms with E-state index in [1.54, 1.807) is 12.1 Å². The number of nitrogens with one attached hydrogen (secondary N) is 2. The van der Waals surface area contributed by atoms with Crippen LogP contribution in [0, 0.1) is 17.0 Å². The highest BCUT2D eigenvalue weighted by atomic mass is 16.6. The van der Waals surface area contributed by atoms with Crippen molar-refractivity contribution in [2.75, 3.05) is 6.54 Å². The summed E-state index contributed by atoms with van der Waals surface area (Å²) in [5.74, 6) is 0. The molecule has 5 heteroatoms. The SMILES string of the molecule is Cc1ccc2[nH]c3c(c2c1)CCNC3c1ccccc1[N+](=O)[O-]. The zero-order valence-electron chi connectivity index (χ0n) is 12.8. The summed E-state index contributed by atoms with van der Waals surface area (Å²) >= 11 is 0. The molecule has 0 saturated carbocycles. The molecule has 2 N–H and O–H groups in total. The van der Waals surface area contributed by atoms with Crippen molar-refractivity contribution < 1.29 is 4.92 Å². The van der Waals surface area contributed by atoms with E-state index in [2.05, 4.69) is 35.4 Å². The highest BCUT2D eigenvalue weighted by molar-refractivity contribution is 5.86. The van der Waals surface area contributed by atoms with Crippen LogP contribution in [0.1, 0.15) is 28.4 Å². The lowest BCUT2D eigenvalue weighted by Gasteiger charge is -2.24. The summed E-state index contributed by atoms with van der Waals surface area (Å²) < 4.78 is 0. The van der Waals surface area contributed by atoms with Crippen LogP contribution in [-0.4, -0.2) is 16.5 Å². The minimum Gasteiger partial charge on any atom is -0.357 e. The molecule has 0 amide bonds. The van der Waals surface area contributed by atoms with Crippen LogP contribution >= 0.6 is 0 Å². The summed E-state index contributed by atoms with van der Waals surface area (Å²) in [5.41, 5.74) is 5.50. The van der Waals surface area contributed by atoms with E-state index in [1.807, 2.05) is 12.1 Å². The first kappa shape index (κ1) is 14.0.